The third-order valence-electron chi connectivity index (χ3n) is 5.77. The van der Waals surface area contributed by atoms with E-state index in [9.17, 15) is 9.59 Å². The van der Waals surface area contributed by atoms with E-state index >= 15 is 0 Å². The van der Waals surface area contributed by atoms with Gasteiger partial charge in [-0.25, -0.2) is 0 Å². The molecule has 2 heterocycles. The summed E-state index contributed by atoms with van der Waals surface area (Å²) in [4.78, 5) is 29.6. The maximum absolute atomic E-state index is 13.4. The number of carbonyl (C=O) groups excluding carboxylic acids is 2. The second kappa shape index (κ2) is 9.18. The van der Waals surface area contributed by atoms with Crippen molar-refractivity contribution < 1.29 is 19.1 Å². The zero-order chi connectivity index (χ0) is 22.7. The van der Waals surface area contributed by atoms with Gasteiger partial charge >= 0.3 is 0 Å². The number of piperazine rings is 1. The van der Waals surface area contributed by atoms with Crippen LogP contribution in [0.15, 0.2) is 60.8 Å². The summed E-state index contributed by atoms with van der Waals surface area (Å²) < 4.78 is 12.3. The topological polar surface area (TPSA) is 64.0 Å². The number of hydrogen-bond acceptors (Lipinski definition) is 5. The molecule has 1 aliphatic heterocycles. The number of nitrogens with zero attached hydrogens (tertiary/aromatic N) is 3. The monoisotopic (exact) mass is 433 g/mol. The Morgan fingerprint density at radius 1 is 0.844 bits per heavy atom. The molecule has 1 aromatic heterocycles. The second-order valence-electron chi connectivity index (χ2n) is 7.68. The van der Waals surface area contributed by atoms with Crippen LogP contribution in [0.1, 0.15) is 22.1 Å². The van der Waals surface area contributed by atoms with Crippen LogP contribution in [-0.4, -0.2) is 61.7 Å². The zero-order valence-corrected chi connectivity index (χ0v) is 18.6. The van der Waals surface area contributed by atoms with E-state index in [2.05, 4.69) is 4.90 Å². The largest absolute Gasteiger partial charge is 0.497 e. The van der Waals surface area contributed by atoms with E-state index in [1.165, 1.54) is 6.92 Å². The highest BCUT2D eigenvalue weighted by Gasteiger charge is 2.27. The Hall–Kier alpha value is -3.74. The SMILES string of the molecule is COc1cc(OC)cc(N2CCN(C(=O)c3ccn(C(C)=O)c3-c3ccccc3)CC2)c1. The van der Waals surface area contributed by atoms with Crippen LogP contribution in [-0.2, 0) is 0 Å². The van der Waals surface area contributed by atoms with Gasteiger partial charge in [0.2, 0.25) is 5.91 Å². The predicted octanol–water partition coefficient (Wildman–Crippen LogP) is 3.79. The van der Waals surface area contributed by atoms with Gasteiger partial charge in [0, 0.05) is 63.2 Å². The summed E-state index contributed by atoms with van der Waals surface area (Å²) in [5, 5.41) is 0. The molecule has 0 spiro atoms. The average molecular weight is 434 g/mol. The first-order chi connectivity index (χ1) is 15.5. The fourth-order valence-corrected chi connectivity index (χ4v) is 4.07. The number of hydrogen-bond donors (Lipinski definition) is 0. The summed E-state index contributed by atoms with van der Waals surface area (Å²) in [6, 6.07) is 17.1. The molecule has 0 radical (unpaired) electrons. The van der Waals surface area contributed by atoms with Crippen LogP contribution < -0.4 is 14.4 Å². The number of aromatic nitrogens is 1. The number of anilines is 1. The molecule has 0 bridgehead atoms. The molecule has 3 aromatic rings. The third-order valence-corrected chi connectivity index (χ3v) is 5.77. The molecule has 2 aromatic carbocycles. The van der Waals surface area contributed by atoms with E-state index < -0.39 is 0 Å². The van der Waals surface area contributed by atoms with Gasteiger partial charge in [-0.05, 0) is 11.6 Å². The number of ether oxygens (including phenoxy) is 2. The van der Waals surface area contributed by atoms with Crippen LogP contribution >= 0.6 is 0 Å². The minimum absolute atomic E-state index is 0.0632. The van der Waals surface area contributed by atoms with Crippen LogP contribution in [0.25, 0.3) is 11.3 Å². The highest BCUT2D eigenvalue weighted by atomic mass is 16.5. The molecule has 0 N–H and O–H groups in total. The second-order valence-corrected chi connectivity index (χ2v) is 7.68. The summed E-state index contributed by atoms with van der Waals surface area (Å²) in [7, 11) is 3.26. The van der Waals surface area contributed by atoms with Crippen LogP contribution in [0, 0.1) is 0 Å². The zero-order valence-electron chi connectivity index (χ0n) is 18.6. The van der Waals surface area contributed by atoms with Gasteiger partial charge in [0.15, 0.2) is 0 Å². The van der Waals surface area contributed by atoms with E-state index in [0.29, 0.717) is 37.4 Å². The van der Waals surface area contributed by atoms with Crippen LogP contribution in [0.2, 0.25) is 0 Å². The first-order valence-electron chi connectivity index (χ1n) is 10.6. The number of amides is 1. The molecule has 0 atom stereocenters. The van der Waals surface area contributed by atoms with Crippen LogP contribution in [0.5, 0.6) is 11.5 Å². The lowest BCUT2D eigenvalue weighted by Gasteiger charge is -2.36. The smallest absolute Gasteiger partial charge is 0.256 e. The minimum Gasteiger partial charge on any atom is -0.497 e. The quantitative estimate of drug-likeness (QED) is 0.613. The molecule has 0 aliphatic carbocycles. The normalized spacial score (nSPS) is 13.7. The third kappa shape index (κ3) is 4.19. The maximum atomic E-state index is 13.4. The first kappa shape index (κ1) is 21.5. The lowest BCUT2D eigenvalue weighted by atomic mass is 10.1. The molecule has 1 amide bonds. The highest BCUT2D eigenvalue weighted by Crippen LogP contribution is 2.30. The predicted molar refractivity (Wildman–Crippen MR) is 124 cm³/mol. The summed E-state index contributed by atoms with van der Waals surface area (Å²) >= 11 is 0. The Balaban J connectivity index is 1.54. The summed E-state index contributed by atoms with van der Waals surface area (Å²) in [5.41, 5.74) is 3.03. The number of benzene rings is 2. The van der Waals surface area contributed by atoms with Crippen LogP contribution in [0.4, 0.5) is 5.69 Å². The molecule has 1 saturated heterocycles. The van der Waals surface area contributed by atoms with Crippen molar-refractivity contribution in [3.8, 4) is 22.8 Å². The standard InChI is InChI=1S/C25H27N3O4/c1-18(29)28-10-9-23(24(28)19-7-5-4-6-8-19)25(30)27-13-11-26(12-14-27)20-15-21(31-2)17-22(16-20)32-3/h4-10,15-17H,11-14H2,1-3H3. The molecule has 1 fully saturated rings. The van der Waals surface area contributed by atoms with E-state index in [1.807, 2.05) is 53.4 Å². The molecule has 4 rings (SSSR count). The van der Waals surface area contributed by atoms with E-state index in [4.69, 9.17) is 9.47 Å². The van der Waals surface area contributed by atoms with E-state index in [0.717, 1.165) is 22.7 Å². The van der Waals surface area contributed by atoms with Crippen molar-refractivity contribution in [2.24, 2.45) is 0 Å². The van der Waals surface area contributed by atoms with Crippen molar-refractivity contribution in [1.82, 2.24) is 9.47 Å². The Kier molecular flexibility index (Phi) is 6.16. The molecule has 7 heteroatoms. The minimum atomic E-state index is -0.125. The molecule has 166 valence electrons. The maximum Gasteiger partial charge on any atom is 0.256 e. The van der Waals surface area contributed by atoms with E-state index in [1.54, 1.807) is 31.0 Å². The van der Waals surface area contributed by atoms with Gasteiger partial charge in [0.25, 0.3) is 5.91 Å². The highest BCUT2D eigenvalue weighted by molar-refractivity contribution is 6.02. The van der Waals surface area contributed by atoms with Crippen molar-refractivity contribution in [2.45, 2.75) is 6.92 Å². The Labute approximate surface area is 187 Å². The van der Waals surface area contributed by atoms with Crippen molar-refractivity contribution in [1.29, 1.82) is 0 Å². The van der Waals surface area contributed by atoms with Gasteiger partial charge in [-0.15, -0.1) is 0 Å². The average Bonchev–Trinajstić information content (AvgIpc) is 3.29. The molecule has 0 unspecified atom stereocenters. The van der Waals surface area contributed by atoms with E-state index in [-0.39, 0.29) is 11.8 Å². The number of carbonyl (C=O) groups is 2. The van der Waals surface area contributed by atoms with Gasteiger partial charge in [0.1, 0.15) is 11.5 Å². The van der Waals surface area contributed by atoms with Gasteiger partial charge in [-0.1, -0.05) is 30.3 Å². The van der Waals surface area contributed by atoms with Crippen molar-refractivity contribution >= 4 is 17.5 Å². The van der Waals surface area contributed by atoms with Crippen molar-refractivity contribution in [3.63, 3.8) is 0 Å². The van der Waals surface area contributed by atoms with Gasteiger partial charge < -0.3 is 19.3 Å². The van der Waals surface area contributed by atoms with Crippen molar-refractivity contribution in [2.75, 3.05) is 45.3 Å². The lowest BCUT2D eigenvalue weighted by molar-refractivity contribution is 0.0747. The molecule has 32 heavy (non-hydrogen) atoms. The summed E-state index contributed by atoms with van der Waals surface area (Å²) in [5.74, 6) is 1.28. The lowest BCUT2D eigenvalue weighted by Crippen LogP contribution is -2.48. The summed E-state index contributed by atoms with van der Waals surface area (Å²) in [6.07, 6.45) is 1.68. The molecular formula is C25H27N3O4. The first-order valence-corrected chi connectivity index (χ1v) is 10.6. The molecule has 0 saturated carbocycles. The molecular weight excluding hydrogens is 406 g/mol. The van der Waals surface area contributed by atoms with Gasteiger partial charge in [0.05, 0.1) is 25.5 Å². The molecule has 1 aliphatic rings. The fraction of sp³-hybridized carbons (Fsp3) is 0.280. The molecule has 7 nitrogen and oxygen atoms in total. The Morgan fingerprint density at radius 3 is 2.03 bits per heavy atom. The van der Waals surface area contributed by atoms with Crippen molar-refractivity contribution in [3.05, 3.63) is 66.4 Å². The number of methoxy groups -OCH3 is 2. The fourth-order valence-electron chi connectivity index (χ4n) is 4.07. The van der Waals surface area contributed by atoms with Gasteiger partial charge in [-0.3, -0.25) is 14.2 Å². The summed E-state index contributed by atoms with van der Waals surface area (Å²) in [6.45, 7) is 4.05. The van der Waals surface area contributed by atoms with Gasteiger partial charge in [-0.2, -0.15) is 0 Å². The Bertz CT molecular complexity index is 1090. The van der Waals surface area contributed by atoms with Crippen LogP contribution in [0.3, 0.4) is 0 Å². The Morgan fingerprint density at radius 2 is 1.47 bits per heavy atom. The number of rotatable bonds is 5.